The number of aromatic nitrogens is 4. The number of aryl methyl sites for hydroxylation is 1. The zero-order valence-corrected chi connectivity index (χ0v) is 18.4. The van der Waals surface area contributed by atoms with Crippen LogP contribution in [0.3, 0.4) is 0 Å². The van der Waals surface area contributed by atoms with E-state index >= 15 is 0 Å². The number of amides is 1. The molecule has 0 atom stereocenters. The van der Waals surface area contributed by atoms with Crippen LogP contribution in [-0.4, -0.2) is 61.4 Å². The van der Waals surface area contributed by atoms with Gasteiger partial charge < -0.3 is 4.90 Å². The van der Waals surface area contributed by atoms with Crippen LogP contribution in [0.4, 0.5) is 0 Å². The molecule has 1 aliphatic heterocycles. The third-order valence-electron chi connectivity index (χ3n) is 6.07. The number of hydrogen-bond acceptors (Lipinski definition) is 5. The van der Waals surface area contributed by atoms with Gasteiger partial charge in [0.05, 0.1) is 5.69 Å². The van der Waals surface area contributed by atoms with E-state index in [1.807, 2.05) is 36.1 Å². The zero-order valence-electron chi connectivity index (χ0n) is 18.4. The number of carbonyl (C=O) groups excluding carboxylic acids is 1. The third-order valence-corrected chi connectivity index (χ3v) is 6.07. The van der Waals surface area contributed by atoms with E-state index < -0.39 is 0 Å². The van der Waals surface area contributed by atoms with E-state index in [1.165, 1.54) is 5.56 Å². The summed E-state index contributed by atoms with van der Waals surface area (Å²) < 4.78 is 2.11. The molecular formula is C25H26N6O. The van der Waals surface area contributed by atoms with Crippen molar-refractivity contribution in [3.63, 3.8) is 0 Å². The molecule has 32 heavy (non-hydrogen) atoms. The minimum Gasteiger partial charge on any atom is -0.340 e. The van der Waals surface area contributed by atoms with Crippen molar-refractivity contribution < 1.29 is 4.79 Å². The number of benzene rings is 1. The molecule has 1 fully saturated rings. The van der Waals surface area contributed by atoms with Crippen LogP contribution in [0, 0.1) is 6.92 Å². The molecule has 7 nitrogen and oxygen atoms in total. The van der Waals surface area contributed by atoms with Crippen LogP contribution < -0.4 is 0 Å². The lowest BCUT2D eigenvalue weighted by atomic mass is 10.1. The quantitative estimate of drug-likeness (QED) is 0.500. The molecule has 0 aliphatic carbocycles. The number of rotatable bonds is 4. The maximum absolute atomic E-state index is 11.5. The van der Waals surface area contributed by atoms with Crippen LogP contribution in [0.15, 0.2) is 60.9 Å². The van der Waals surface area contributed by atoms with Crippen LogP contribution in [0.25, 0.3) is 28.1 Å². The molecule has 0 bridgehead atoms. The average Bonchev–Trinajstić information content (AvgIpc) is 3.15. The third kappa shape index (κ3) is 3.99. The highest BCUT2D eigenvalue weighted by molar-refractivity contribution is 5.78. The topological polar surface area (TPSA) is 67.2 Å². The first-order chi connectivity index (χ1) is 15.6. The van der Waals surface area contributed by atoms with Crippen molar-refractivity contribution >= 4 is 17.1 Å². The average molecular weight is 427 g/mol. The van der Waals surface area contributed by atoms with Crippen LogP contribution >= 0.6 is 0 Å². The Morgan fingerprint density at radius 1 is 0.906 bits per heavy atom. The van der Waals surface area contributed by atoms with Crippen molar-refractivity contribution in [2.45, 2.75) is 20.4 Å². The molecule has 4 aromatic rings. The molecule has 1 saturated heterocycles. The zero-order chi connectivity index (χ0) is 22.1. The van der Waals surface area contributed by atoms with Crippen molar-refractivity contribution in [1.29, 1.82) is 0 Å². The van der Waals surface area contributed by atoms with Crippen LogP contribution in [0.5, 0.6) is 0 Å². The fraction of sp³-hybridized carbons (Fsp3) is 0.280. The van der Waals surface area contributed by atoms with E-state index in [4.69, 9.17) is 9.97 Å². The van der Waals surface area contributed by atoms with E-state index in [0.717, 1.165) is 66.7 Å². The summed E-state index contributed by atoms with van der Waals surface area (Å²) in [6.07, 6.45) is 3.56. The summed E-state index contributed by atoms with van der Waals surface area (Å²) in [4.78, 5) is 29.6. The molecule has 0 N–H and O–H groups in total. The van der Waals surface area contributed by atoms with Gasteiger partial charge in [-0.15, -0.1) is 0 Å². The first-order valence-electron chi connectivity index (χ1n) is 10.9. The molecule has 7 heteroatoms. The summed E-state index contributed by atoms with van der Waals surface area (Å²) in [6, 6.07) is 16.6. The van der Waals surface area contributed by atoms with E-state index in [1.54, 1.807) is 19.3 Å². The van der Waals surface area contributed by atoms with Gasteiger partial charge in [0.1, 0.15) is 11.3 Å². The number of nitrogens with zero attached hydrogens (tertiary/aromatic N) is 6. The van der Waals surface area contributed by atoms with Gasteiger partial charge in [0.25, 0.3) is 0 Å². The van der Waals surface area contributed by atoms with Gasteiger partial charge in [-0.25, -0.2) is 9.97 Å². The van der Waals surface area contributed by atoms with Gasteiger partial charge in [-0.05, 0) is 48.9 Å². The maximum atomic E-state index is 11.5. The van der Waals surface area contributed by atoms with E-state index in [9.17, 15) is 4.79 Å². The number of piperazine rings is 1. The van der Waals surface area contributed by atoms with Gasteiger partial charge in [-0.2, -0.15) is 0 Å². The van der Waals surface area contributed by atoms with Gasteiger partial charge in [-0.3, -0.25) is 19.2 Å². The first-order valence-corrected chi connectivity index (χ1v) is 10.9. The number of hydrogen-bond donors (Lipinski definition) is 0. The van der Waals surface area contributed by atoms with Crippen molar-refractivity contribution in [2.24, 2.45) is 0 Å². The first kappa shape index (κ1) is 20.3. The number of imidazole rings is 1. The smallest absolute Gasteiger partial charge is 0.219 e. The predicted octanol–water partition coefficient (Wildman–Crippen LogP) is 3.46. The Hall–Kier alpha value is -3.58. The molecule has 0 radical (unpaired) electrons. The van der Waals surface area contributed by atoms with Crippen molar-refractivity contribution in [3.8, 4) is 16.9 Å². The molecule has 1 aromatic carbocycles. The summed E-state index contributed by atoms with van der Waals surface area (Å²) >= 11 is 0. The highest BCUT2D eigenvalue weighted by atomic mass is 16.2. The second-order valence-corrected chi connectivity index (χ2v) is 8.22. The van der Waals surface area contributed by atoms with Crippen molar-refractivity contribution in [2.75, 3.05) is 26.2 Å². The Bertz CT molecular complexity index is 1240. The fourth-order valence-electron chi connectivity index (χ4n) is 4.29. The van der Waals surface area contributed by atoms with Gasteiger partial charge >= 0.3 is 0 Å². The normalized spacial score (nSPS) is 14.8. The van der Waals surface area contributed by atoms with Gasteiger partial charge in [0.2, 0.25) is 5.91 Å². The number of carbonyl (C=O) groups is 1. The standard InChI is InChI=1S/C25H26N6O/c1-18-27-24-8-7-23(21-9-11-26-12-10-21)28-25(24)31(18)22-5-3-20(4-6-22)17-29-13-15-30(16-14-29)19(2)32/h3-12H,13-17H2,1-2H3. The summed E-state index contributed by atoms with van der Waals surface area (Å²) in [5, 5.41) is 0. The van der Waals surface area contributed by atoms with Crippen LogP contribution in [0.2, 0.25) is 0 Å². The monoisotopic (exact) mass is 426 g/mol. The number of pyridine rings is 2. The second-order valence-electron chi connectivity index (χ2n) is 8.22. The maximum Gasteiger partial charge on any atom is 0.219 e. The largest absolute Gasteiger partial charge is 0.340 e. The summed E-state index contributed by atoms with van der Waals surface area (Å²) in [5.41, 5.74) is 5.99. The molecule has 0 saturated carbocycles. The Labute approximate surface area is 187 Å². The van der Waals surface area contributed by atoms with Crippen LogP contribution in [0.1, 0.15) is 18.3 Å². The molecular weight excluding hydrogens is 400 g/mol. The molecule has 4 heterocycles. The highest BCUT2D eigenvalue weighted by Crippen LogP contribution is 2.24. The van der Waals surface area contributed by atoms with E-state index in [-0.39, 0.29) is 5.91 Å². The number of fused-ring (bicyclic) bond motifs is 1. The predicted molar refractivity (Wildman–Crippen MR) is 124 cm³/mol. The molecule has 0 unspecified atom stereocenters. The lowest BCUT2D eigenvalue weighted by molar-refractivity contribution is -0.130. The Morgan fingerprint density at radius 3 is 2.31 bits per heavy atom. The summed E-state index contributed by atoms with van der Waals surface area (Å²) in [5.74, 6) is 1.07. The fourth-order valence-corrected chi connectivity index (χ4v) is 4.29. The van der Waals surface area contributed by atoms with Gasteiger partial charge in [0, 0.05) is 63.3 Å². The second kappa shape index (κ2) is 8.51. The van der Waals surface area contributed by atoms with Gasteiger partial charge in [0.15, 0.2) is 5.65 Å². The molecule has 5 rings (SSSR count). The summed E-state index contributed by atoms with van der Waals surface area (Å²) in [6.45, 7) is 7.97. The molecule has 1 amide bonds. The molecule has 3 aromatic heterocycles. The minimum atomic E-state index is 0.164. The van der Waals surface area contributed by atoms with Crippen molar-refractivity contribution in [1.82, 2.24) is 29.3 Å². The Balaban J connectivity index is 1.38. The lowest BCUT2D eigenvalue weighted by Crippen LogP contribution is -2.47. The van der Waals surface area contributed by atoms with Gasteiger partial charge in [-0.1, -0.05) is 12.1 Å². The Kier molecular flexibility index (Phi) is 5.41. The lowest BCUT2D eigenvalue weighted by Gasteiger charge is -2.34. The van der Waals surface area contributed by atoms with E-state index in [2.05, 4.69) is 38.7 Å². The summed E-state index contributed by atoms with van der Waals surface area (Å²) in [7, 11) is 0. The molecule has 1 aliphatic rings. The highest BCUT2D eigenvalue weighted by Gasteiger charge is 2.18. The van der Waals surface area contributed by atoms with Crippen LogP contribution in [-0.2, 0) is 11.3 Å². The molecule has 0 spiro atoms. The van der Waals surface area contributed by atoms with E-state index in [0.29, 0.717) is 0 Å². The Morgan fingerprint density at radius 2 is 1.62 bits per heavy atom. The minimum absolute atomic E-state index is 0.164. The molecule has 162 valence electrons. The SMILES string of the molecule is CC(=O)N1CCN(Cc2ccc(-n3c(C)nc4ccc(-c5ccncc5)nc43)cc2)CC1. The van der Waals surface area contributed by atoms with Crippen molar-refractivity contribution in [3.05, 3.63) is 72.3 Å².